The molecule has 0 aliphatic carbocycles. The Bertz CT molecular complexity index is 724. The number of rotatable bonds is 10. The number of pyridine rings is 1. The molecule has 0 saturated carbocycles. The fourth-order valence-corrected chi connectivity index (χ4v) is 3.66. The van der Waals surface area contributed by atoms with E-state index in [0.717, 1.165) is 55.5 Å². The van der Waals surface area contributed by atoms with Gasteiger partial charge in [-0.2, -0.15) is 0 Å². The Kier molecular flexibility index (Phi) is 8.61. The van der Waals surface area contributed by atoms with E-state index in [9.17, 15) is 4.79 Å². The fraction of sp³-hybridized carbons (Fsp3) is 0.429. The summed E-state index contributed by atoms with van der Waals surface area (Å²) in [5.41, 5.74) is 2.16. The zero-order valence-corrected chi connectivity index (χ0v) is 16.8. The lowest BCUT2D eigenvalue weighted by atomic mass is 10.2. The molecule has 1 N–H and O–H groups in total. The number of carbonyl (C=O) groups excluding carboxylic acids is 1. The molecule has 150 valence electrons. The summed E-state index contributed by atoms with van der Waals surface area (Å²) < 4.78 is 11.2. The third-order valence-corrected chi connectivity index (χ3v) is 5.40. The van der Waals surface area contributed by atoms with E-state index in [1.165, 1.54) is 0 Å². The Morgan fingerprint density at radius 2 is 2.07 bits per heavy atom. The van der Waals surface area contributed by atoms with Crippen molar-refractivity contribution in [2.45, 2.75) is 12.3 Å². The molecule has 1 aliphatic rings. The Hall–Kier alpha value is -2.09. The second kappa shape index (κ2) is 11.7. The smallest absolute Gasteiger partial charge is 0.230 e. The number of nitrogens with one attached hydrogen (secondary N) is 1. The second-order valence-electron chi connectivity index (χ2n) is 6.58. The predicted octanol–water partition coefficient (Wildman–Crippen LogP) is 2.34. The third kappa shape index (κ3) is 7.50. The molecule has 0 atom stereocenters. The van der Waals surface area contributed by atoms with Gasteiger partial charge in [-0.3, -0.25) is 14.7 Å². The molecule has 1 amide bonds. The SMILES string of the molecule is O=C(CSCc1cccnc1)NCc1cccc(OCCN2CCOCC2)c1. The summed E-state index contributed by atoms with van der Waals surface area (Å²) in [4.78, 5) is 18.5. The van der Waals surface area contributed by atoms with Gasteiger partial charge in [0, 0.05) is 44.3 Å². The molecule has 28 heavy (non-hydrogen) atoms. The van der Waals surface area contributed by atoms with Crippen LogP contribution in [0.4, 0.5) is 0 Å². The van der Waals surface area contributed by atoms with Crippen LogP contribution < -0.4 is 10.1 Å². The molecule has 0 radical (unpaired) electrons. The maximum Gasteiger partial charge on any atom is 0.230 e. The molecule has 2 heterocycles. The quantitative estimate of drug-likeness (QED) is 0.659. The first-order valence-corrected chi connectivity index (χ1v) is 10.7. The van der Waals surface area contributed by atoms with E-state index < -0.39 is 0 Å². The van der Waals surface area contributed by atoms with Gasteiger partial charge in [-0.05, 0) is 29.3 Å². The molecular formula is C21H27N3O3S. The van der Waals surface area contributed by atoms with Gasteiger partial charge in [-0.1, -0.05) is 18.2 Å². The van der Waals surface area contributed by atoms with Crippen molar-refractivity contribution in [2.24, 2.45) is 0 Å². The van der Waals surface area contributed by atoms with Crippen LogP contribution in [0.5, 0.6) is 5.75 Å². The highest BCUT2D eigenvalue weighted by molar-refractivity contribution is 7.99. The summed E-state index contributed by atoms with van der Waals surface area (Å²) in [6, 6.07) is 11.8. The van der Waals surface area contributed by atoms with Crippen LogP contribution in [0.2, 0.25) is 0 Å². The molecule has 0 spiro atoms. The number of nitrogens with zero attached hydrogens (tertiary/aromatic N) is 2. The Balaban J connectivity index is 1.33. The maximum absolute atomic E-state index is 12.0. The number of hydrogen-bond donors (Lipinski definition) is 1. The molecule has 2 aromatic rings. The number of hydrogen-bond acceptors (Lipinski definition) is 6. The Labute approximate surface area is 170 Å². The maximum atomic E-state index is 12.0. The molecule has 1 aliphatic heterocycles. The third-order valence-electron chi connectivity index (χ3n) is 4.39. The zero-order chi connectivity index (χ0) is 19.4. The first-order valence-electron chi connectivity index (χ1n) is 9.55. The lowest BCUT2D eigenvalue weighted by Gasteiger charge is -2.26. The van der Waals surface area contributed by atoms with Gasteiger partial charge in [0.25, 0.3) is 0 Å². The fourth-order valence-electron chi connectivity index (χ4n) is 2.86. The highest BCUT2D eigenvalue weighted by Gasteiger charge is 2.10. The minimum Gasteiger partial charge on any atom is -0.492 e. The predicted molar refractivity (Wildman–Crippen MR) is 111 cm³/mol. The van der Waals surface area contributed by atoms with Gasteiger partial charge in [0.15, 0.2) is 0 Å². The van der Waals surface area contributed by atoms with Crippen LogP contribution in [0.15, 0.2) is 48.8 Å². The number of ether oxygens (including phenoxy) is 2. The van der Waals surface area contributed by atoms with E-state index in [2.05, 4.69) is 15.2 Å². The molecule has 0 bridgehead atoms. The summed E-state index contributed by atoms with van der Waals surface area (Å²) in [6.45, 7) is 5.60. The summed E-state index contributed by atoms with van der Waals surface area (Å²) in [6.07, 6.45) is 3.58. The van der Waals surface area contributed by atoms with E-state index in [1.54, 1.807) is 18.0 Å². The molecular weight excluding hydrogens is 374 g/mol. The number of amides is 1. The van der Waals surface area contributed by atoms with Crippen molar-refractivity contribution in [1.29, 1.82) is 0 Å². The van der Waals surface area contributed by atoms with Crippen LogP contribution in [0, 0.1) is 0 Å². The summed E-state index contributed by atoms with van der Waals surface area (Å²) in [5.74, 6) is 2.09. The van der Waals surface area contributed by atoms with Crippen molar-refractivity contribution in [3.63, 3.8) is 0 Å². The largest absolute Gasteiger partial charge is 0.492 e. The van der Waals surface area contributed by atoms with Crippen molar-refractivity contribution in [3.05, 3.63) is 59.9 Å². The average Bonchev–Trinajstić information content (AvgIpc) is 2.74. The van der Waals surface area contributed by atoms with Gasteiger partial charge in [0.1, 0.15) is 12.4 Å². The molecule has 3 rings (SSSR count). The molecule has 1 saturated heterocycles. The standard InChI is InChI=1S/C21H27N3O3S/c25-21(17-28-16-19-4-2-6-22-14-19)23-15-18-3-1-5-20(13-18)27-12-9-24-7-10-26-11-8-24/h1-6,13-14H,7-12,15-17H2,(H,23,25). The monoisotopic (exact) mass is 401 g/mol. The number of thioether (sulfide) groups is 1. The van der Waals surface area contributed by atoms with Crippen LogP contribution >= 0.6 is 11.8 Å². The van der Waals surface area contributed by atoms with Crippen molar-refractivity contribution in [1.82, 2.24) is 15.2 Å². The number of carbonyl (C=O) groups is 1. The van der Waals surface area contributed by atoms with Crippen LogP contribution in [-0.4, -0.2) is 61.0 Å². The Morgan fingerprint density at radius 1 is 1.21 bits per heavy atom. The lowest BCUT2D eigenvalue weighted by molar-refractivity contribution is -0.118. The first-order chi connectivity index (χ1) is 13.8. The topological polar surface area (TPSA) is 63.7 Å². The highest BCUT2D eigenvalue weighted by Crippen LogP contribution is 2.14. The minimum absolute atomic E-state index is 0.0347. The van der Waals surface area contributed by atoms with Crippen LogP contribution in [0.1, 0.15) is 11.1 Å². The van der Waals surface area contributed by atoms with Gasteiger partial charge in [0.05, 0.1) is 19.0 Å². The average molecular weight is 402 g/mol. The normalized spacial score (nSPS) is 14.6. The van der Waals surface area contributed by atoms with Gasteiger partial charge in [-0.15, -0.1) is 11.8 Å². The van der Waals surface area contributed by atoms with Gasteiger partial charge < -0.3 is 14.8 Å². The summed E-state index contributed by atoms with van der Waals surface area (Å²) in [5, 5.41) is 2.97. The minimum atomic E-state index is 0.0347. The summed E-state index contributed by atoms with van der Waals surface area (Å²) >= 11 is 1.59. The molecule has 1 aromatic carbocycles. The molecule has 0 unspecified atom stereocenters. The van der Waals surface area contributed by atoms with Crippen molar-refractivity contribution in [2.75, 3.05) is 45.2 Å². The van der Waals surface area contributed by atoms with E-state index in [4.69, 9.17) is 9.47 Å². The summed E-state index contributed by atoms with van der Waals surface area (Å²) in [7, 11) is 0. The van der Waals surface area contributed by atoms with E-state index >= 15 is 0 Å². The number of morpholine rings is 1. The molecule has 6 nitrogen and oxygen atoms in total. The van der Waals surface area contributed by atoms with E-state index in [-0.39, 0.29) is 5.91 Å². The van der Waals surface area contributed by atoms with Crippen LogP contribution in [0.25, 0.3) is 0 Å². The van der Waals surface area contributed by atoms with Crippen molar-refractivity contribution >= 4 is 17.7 Å². The molecule has 1 aromatic heterocycles. The van der Waals surface area contributed by atoms with Crippen molar-refractivity contribution < 1.29 is 14.3 Å². The van der Waals surface area contributed by atoms with E-state index in [0.29, 0.717) is 18.9 Å². The van der Waals surface area contributed by atoms with Crippen molar-refractivity contribution in [3.8, 4) is 5.75 Å². The van der Waals surface area contributed by atoms with Crippen LogP contribution in [0.3, 0.4) is 0 Å². The zero-order valence-electron chi connectivity index (χ0n) is 16.0. The van der Waals surface area contributed by atoms with Gasteiger partial charge >= 0.3 is 0 Å². The second-order valence-corrected chi connectivity index (χ2v) is 7.57. The molecule has 7 heteroatoms. The lowest BCUT2D eigenvalue weighted by Crippen LogP contribution is -2.38. The van der Waals surface area contributed by atoms with E-state index in [1.807, 2.05) is 42.6 Å². The Morgan fingerprint density at radius 3 is 2.89 bits per heavy atom. The van der Waals surface area contributed by atoms with Crippen LogP contribution in [-0.2, 0) is 21.8 Å². The first kappa shape index (κ1) is 20.6. The van der Waals surface area contributed by atoms with Gasteiger partial charge in [0.2, 0.25) is 5.91 Å². The van der Waals surface area contributed by atoms with Gasteiger partial charge in [-0.25, -0.2) is 0 Å². The highest BCUT2D eigenvalue weighted by atomic mass is 32.2. The number of aromatic nitrogens is 1. The number of benzene rings is 1. The molecule has 1 fully saturated rings.